The number of nitrogens with one attached hydrogen (secondary N) is 3. The van der Waals surface area contributed by atoms with Gasteiger partial charge in [-0.25, -0.2) is 4.79 Å². The Morgan fingerprint density at radius 3 is 2.48 bits per heavy atom. The Morgan fingerprint density at radius 2 is 1.85 bits per heavy atom. The molecule has 3 N–H and O–H groups in total. The lowest BCUT2D eigenvalue weighted by atomic mass is 10.2. The maximum Gasteiger partial charge on any atom is 0.326 e. The third-order valence-electron chi connectivity index (χ3n) is 3.49. The van der Waals surface area contributed by atoms with Crippen LogP contribution >= 0.6 is 23.2 Å². The molecule has 1 heterocycles. The molecule has 13 heteroatoms. The summed E-state index contributed by atoms with van der Waals surface area (Å²) in [7, 11) is 0. The van der Waals surface area contributed by atoms with Gasteiger partial charge in [-0.3, -0.25) is 30.6 Å². The van der Waals surface area contributed by atoms with Gasteiger partial charge in [-0.05, 0) is 12.1 Å². The average Bonchev–Trinajstić information content (AvgIpc) is 2.95. The number of fused-ring (bicyclic) bond motifs is 1. The normalized spacial score (nSPS) is 11.2. The highest BCUT2D eigenvalue weighted by Crippen LogP contribution is 2.39. The molecule has 0 atom stereocenters. The quantitative estimate of drug-likeness (QED) is 0.331. The molecule has 3 rings (SSSR count). The summed E-state index contributed by atoms with van der Waals surface area (Å²) in [5.41, 5.74) is -0.115. The fraction of sp³-hybridized carbons (Fsp3) is 0. The van der Waals surface area contributed by atoms with E-state index >= 15 is 0 Å². The van der Waals surface area contributed by atoms with E-state index < -0.39 is 32.6 Å². The van der Waals surface area contributed by atoms with E-state index in [-0.39, 0.29) is 16.1 Å². The number of nitro benzene ring substituents is 2. The standard InChI is InChI=1S/C14H8Cl2N6O5/c15-7-2-1-6(8(16)3-7)5-17-20-12-10(21(24)25)4-9-11(13(12)22(26)27)19-14(23)18-9/h1-5,20H,(H2,18,19,23)/b17-5+. The first-order chi connectivity index (χ1) is 12.8. The lowest BCUT2D eigenvalue weighted by molar-refractivity contribution is -0.391. The third-order valence-corrected chi connectivity index (χ3v) is 4.05. The summed E-state index contributed by atoms with van der Waals surface area (Å²) >= 11 is 11.8. The van der Waals surface area contributed by atoms with Gasteiger partial charge in [0.25, 0.3) is 0 Å². The number of hydrazone groups is 1. The van der Waals surface area contributed by atoms with Crippen molar-refractivity contribution in [1.82, 2.24) is 9.97 Å². The molecule has 0 saturated carbocycles. The van der Waals surface area contributed by atoms with Crippen LogP contribution in [0.4, 0.5) is 17.1 Å². The first kappa shape index (κ1) is 18.4. The van der Waals surface area contributed by atoms with Crippen molar-refractivity contribution in [3.63, 3.8) is 0 Å². The van der Waals surface area contributed by atoms with Crippen LogP contribution in [0, 0.1) is 20.2 Å². The molecular weight excluding hydrogens is 403 g/mol. The van der Waals surface area contributed by atoms with Gasteiger partial charge < -0.3 is 4.98 Å². The van der Waals surface area contributed by atoms with Crippen LogP contribution in [-0.2, 0) is 0 Å². The Balaban J connectivity index is 2.11. The number of imidazole rings is 1. The van der Waals surface area contributed by atoms with Crippen LogP contribution in [-0.4, -0.2) is 26.0 Å². The van der Waals surface area contributed by atoms with E-state index in [1.807, 2.05) is 0 Å². The maximum absolute atomic E-state index is 11.5. The summed E-state index contributed by atoms with van der Waals surface area (Å²) < 4.78 is 0. The summed E-state index contributed by atoms with van der Waals surface area (Å²) in [5, 5.41) is 27.2. The first-order valence-corrected chi connectivity index (χ1v) is 7.85. The maximum atomic E-state index is 11.5. The lowest BCUT2D eigenvalue weighted by Crippen LogP contribution is -2.03. The number of rotatable bonds is 5. The molecule has 2 aromatic carbocycles. The minimum absolute atomic E-state index is 0.0753. The zero-order chi connectivity index (χ0) is 19.7. The second-order valence-corrected chi connectivity index (χ2v) is 6.01. The Labute approximate surface area is 158 Å². The van der Waals surface area contributed by atoms with E-state index in [0.29, 0.717) is 10.6 Å². The number of hydrogen-bond acceptors (Lipinski definition) is 7. The summed E-state index contributed by atoms with van der Waals surface area (Å²) in [6, 6.07) is 5.56. The van der Waals surface area contributed by atoms with Crippen molar-refractivity contribution in [3.05, 3.63) is 70.6 Å². The van der Waals surface area contributed by atoms with Gasteiger partial charge >= 0.3 is 17.1 Å². The second kappa shape index (κ2) is 7.05. The fourth-order valence-electron chi connectivity index (χ4n) is 2.36. The average molecular weight is 411 g/mol. The Morgan fingerprint density at radius 1 is 1.11 bits per heavy atom. The van der Waals surface area contributed by atoms with Crippen molar-refractivity contribution < 1.29 is 9.85 Å². The minimum atomic E-state index is -0.855. The molecule has 0 bridgehead atoms. The molecule has 0 unspecified atom stereocenters. The van der Waals surface area contributed by atoms with Crippen LogP contribution in [0.1, 0.15) is 5.56 Å². The molecule has 0 amide bonds. The molecule has 0 radical (unpaired) electrons. The van der Waals surface area contributed by atoms with Gasteiger partial charge in [0.05, 0.1) is 26.6 Å². The number of nitro groups is 2. The number of benzene rings is 2. The molecule has 0 saturated heterocycles. The third kappa shape index (κ3) is 3.59. The van der Waals surface area contributed by atoms with Gasteiger partial charge in [0.1, 0.15) is 5.52 Å². The van der Waals surface area contributed by atoms with Crippen LogP contribution in [0.25, 0.3) is 11.0 Å². The molecular formula is C14H8Cl2N6O5. The molecule has 27 heavy (non-hydrogen) atoms. The van der Waals surface area contributed by atoms with Crippen molar-refractivity contribution in [1.29, 1.82) is 0 Å². The highest BCUT2D eigenvalue weighted by Gasteiger charge is 2.30. The van der Waals surface area contributed by atoms with E-state index in [2.05, 4.69) is 20.5 Å². The lowest BCUT2D eigenvalue weighted by Gasteiger charge is -2.05. The molecule has 0 spiro atoms. The highest BCUT2D eigenvalue weighted by atomic mass is 35.5. The van der Waals surface area contributed by atoms with Crippen LogP contribution in [0.5, 0.6) is 0 Å². The number of halogens is 2. The zero-order valence-electron chi connectivity index (χ0n) is 13.0. The van der Waals surface area contributed by atoms with Gasteiger partial charge in [0.2, 0.25) is 5.69 Å². The van der Waals surface area contributed by atoms with Gasteiger partial charge in [-0.2, -0.15) is 5.10 Å². The van der Waals surface area contributed by atoms with E-state index in [9.17, 15) is 25.0 Å². The smallest absolute Gasteiger partial charge is 0.305 e. The van der Waals surface area contributed by atoms with Gasteiger partial charge in [-0.15, -0.1) is 0 Å². The summed E-state index contributed by atoms with van der Waals surface area (Å²) in [6.45, 7) is 0. The van der Waals surface area contributed by atoms with Crippen LogP contribution in [0.2, 0.25) is 10.0 Å². The van der Waals surface area contributed by atoms with E-state index in [0.717, 1.165) is 6.07 Å². The second-order valence-electron chi connectivity index (χ2n) is 5.17. The number of hydrogen-bond donors (Lipinski definition) is 3. The number of anilines is 1. The molecule has 0 fully saturated rings. The van der Waals surface area contributed by atoms with E-state index in [1.165, 1.54) is 12.3 Å². The molecule has 1 aromatic heterocycles. The number of aromatic nitrogens is 2. The topological polar surface area (TPSA) is 159 Å². The van der Waals surface area contributed by atoms with Crippen molar-refractivity contribution in [2.75, 3.05) is 5.43 Å². The van der Waals surface area contributed by atoms with E-state index in [1.54, 1.807) is 12.1 Å². The molecule has 0 aliphatic rings. The van der Waals surface area contributed by atoms with Crippen molar-refractivity contribution >= 4 is 57.5 Å². The Kier molecular flexibility index (Phi) is 4.79. The SMILES string of the molecule is O=c1[nH]c2cc([N+](=O)[O-])c(N/N=C/c3ccc(Cl)cc3Cl)c([N+](=O)[O-])c2[nH]1. The highest BCUT2D eigenvalue weighted by molar-refractivity contribution is 6.36. The predicted octanol–water partition coefficient (Wildman–Crippen LogP) is 3.43. The minimum Gasteiger partial charge on any atom is -0.305 e. The first-order valence-electron chi connectivity index (χ1n) is 7.10. The molecule has 0 aliphatic carbocycles. The molecule has 3 aromatic rings. The predicted molar refractivity (Wildman–Crippen MR) is 99.9 cm³/mol. The summed E-state index contributed by atoms with van der Waals surface area (Å²) in [4.78, 5) is 37.0. The Bertz CT molecular complexity index is 1170. The van der Waals surface area contributed by atoms with E-state index in [4.69, 9.17) is 23.2 Å². The van der Waals surface area contributed by atoms with Gasteiger partial charge in [0.15, 0.2) is 0 Å². The molecule has 138 valence electrons. The van der Waals surface area contributed by atoms with Crippen LogP contribution < -0.4 is 11.1 Å². The van der Waals surface area contributed by atoms with Crippen molar-refractivity contribution in [2.45, 2.75) is 0 Å². The zero-order valence-corrected chi connectivity index (χ0v) is 14.5. The van der Waals surface area contributed by atoms with Gasteiger partial charge in [-0.1, -0.05) is 29.3 Å². The number of nitrogens with zero attached hydrogens (tertiary/aromatic N) is 3. The fourth-order valence-corrected chi connectivity index (χ4v) is 2.81. The van der Waals surface area contributed by atoms with Crippen molar-refractivity contribution in [3.8, 4) is 0 Å². The van der Waals surface area contributed by atoms with Gasteiger partial charge in [0, 0.05) is 16.7 Å². The largest absolute Gasteiger partial charge is 0.326 e. The number of H-pyrrole nitrogens is 2. The van der Waals surface area contributed by atoms with Crippen molar-refractivity contribution in [2.24, 2.45) is 5.10 Å². The number of aromatic amines is 2. The molecule has 0 aliphatic heterocycles. The summed E-state index contributed by atoms with van der Waals surface area (Å²) in [5.74, 6) is 0. The van der Waals surface area contributed by atoms with Crippen LogP contribution in [0.3, 0.4) is 0 Å². The summed E-state index contributed by atoms with van der Waals surface area (Å²) in [6.07, 6.45) is 1.22. The molecule has 11 nitrogen and oxygen atoms in total. The van der Waals surface area contributed by atoms with Crippen LogP contribution in [0.15, 0.2) is 34.2 Å². The Hall–Kier alpha value is -3.44. The monoisotopic (exact) mass is 410 g/mol.